The first-order chi connectivity index (χ1) is 24.9. The number of rotatable bonds is 20. The molecular weight excluding hydrogens is 684 g/mol. The maximum atomic E-state index is 13.9. The summed E-state index contributed by atoms with van der Waals surface area (Å²) in [6.07, 6.45) is -1.12. The summed E-state index contributed by atoms with van der Waals surface area (Å²) in [5, 5.41) is 35.2. The Balaban J connectivity index is 2.35. The van der Waals surface area contributed by atoms with E-state index in [1.165, 1.54) is 20.8 Å². The van der Waals surface area contributed by atoms with Crippen LogP contribution in [0, 0.1) is 11.8 Å². The number of amides is 6. The Hall–Kier alpha value is -5.31. The van der Waals surface area contributed by atoms with Crippen LogP contribution in [0.25, 0.3) is 0 Å². The quantitative estimate of drug-likeness (QED) is 0.0949. The summed E-state index contributed by atoms with van der Waals surface area (Å²) < 4.78 is 0. The molecule has 0 aliphatic rings. The molecule has 0 aliphatic carbocycles. The average Bonchev–Trinajstić information content (AvgIpc) is 3.08. The summed E-state index contributed by atoms with van der Waals surface area (Å²) in [5.74, 6) is -6.08. The fraction of sp³-hybridized carbons (Fsp3) is 0.500. The number of aliphatic hydroxyl groups is 1. The fourth-order valence-electron chi connectivity index (χ4n) is 5.41. The predicted molar refractivity (Wildman–Crippen MR) is 197 cm³/mol. The van der Waals surface area contributed by atoms with E-state index in [-0.39, 0.29) is 25.2 Å². The number of aliphatic carboxylic acids is 1. The van der Waals surface area contributed by atoms with Crippen molar-refractivity contribution in [3.8, 4) is 0 Å². The number of nitrogens with one attached hydrogen (secondary N) is 6. The van der Waals surface area contributed by atoms with Crippen LogP contribution in [0.15, 0.2) is 60.7 Å². The number of hydrogen-bond acceptors (Lipinski definition) is 8. The minimum atomic E-state index is -1.58. The second-order valence-corrected chi connectivity index (χ2v) is 13.9. The zero-order chi connectivity index (χ0) is 39.8. The zero-order valence-corrected chi connectivity index (χ0v) is 31.3. The highest BCUT2D eigenvalue weighted by Crippen LogP contribution is 2.11. The Labute approximate surface area is 310 Å². The van der Waals surface area contributed by atoms with E-state index in [1.807, 2.05) is 32.0 Å². The largest absolute Gasteiger partial charge is 0.480 e. The lowest BCUT2D eigenvalue weighted by molar-refractivity contribution is -0.142. The van der Waals surface area contributed by atoms with Crippen molar-refractivity contribution in [2.45, 2.75) is 110 Å². The molecule has 0 heterocycles. The van der Waals surface area contributed by atoms with Crippen LogP contribution < -0.4 is 31.9 Å². The molecule has 0 spiro atoms. The molecule has 7 atom stereocenters. The van der Waals surface area contributed by atoms with Crippen molar-refractivity contribution in [1.82, 2.24) is 31.9 Å². The highest BCUT2D eigenvalue weighted by atomic mass is 16.4. The molecule has 0 unspecified atom stereocenters. The van der Waals surface area contributed by atoms with E-state index >= 15 is 0 Å². The van der Waals surface area contributed by atoms with E-state index in [1.54, 1.807) is 56.3 Å². The van der Waals surface area contributed by atoms with Gasteiger partial charge in [0.25, 0.3) is 0 Å². The molecule has 15 heteroatoms. The molecule has 290 valence electrons. The lowest BCUT2D eigenvalue weighted by Crippen LogP contribution is -2.62. The summed E-state index contributed by atoms with van der Waals surface area (Å²) in [7, 11) is 0. The van der Waals surface area contributed by atoms with Crippen LogP contribution >= 0.6 is 0 Å². The van der Waals surface area contributed by atoms with Gasteiger partial charge in [0.05, 0.1) is 6.10 Å². The van der Waals surface area contributed by atoms with Gasteiger partial charge in [-0.15, -0.1) is 0 Å². The Morgan fingerprint density at radius 3 is 1.40 bits per heavy atom. The van der Waals surface area contributed by atoms with Crippen molar-refractivity contribution < 1.29 is 43.8 Å². The van der Waals surface area contributed by atoms with Gasteiger partial charge in [0.1, 0.15) is 36.3 Å². The van der Waals surface area contributed by atoms with Crippen LogP contribution in [-0.4, -0.2) is 94.0 Å². The molecule has 0 bridgehead atoms. The molecule has 0 radical (unpaired) electrons. The van der Waals surface area contributed by atoms with Crippen LogP contribution in [0.1, 0.15) is 66.0 Å². The molecule has 53 heavy (non-hydrogen) atoms. The molecule has 0 aromatic heterocycles. The highest BCUT2D eigenvalue weighted by Gasteiger charge is 2.35. The number of carbonyl (C=O) groups is 7. The molecule has 0 fully saturated rings. The van der Waals surface area contributed by atoms with Gasteiger partial charge in [0.2, 0.25) is 35.4 Å². The third-order valence-corrected chi connectivity index (χ3v) is 8.27. The normalized spacial score (nSPS) is 15.1. The minimum absolute atomic E-state index is 0.0263. The Morgan fingerprint density at radius 2 is 0.962 bits per heavy atom. The first-order valence-electron chi connectivity index (χ1n) is 17.7. The van der Waals surface area contributed by atoms with Gasteiger partial charge in [-0.3, -0.25) is 33.6 Å². The van der Waals surface area contributed by atoms with Crippen LogP contribution in [0.3, 0.4) is 0 Å². The first-order valence-corrected chi connectivity index (χ1v) is 17.7. The Bertz CT molecular complexity index is 1550. The molecule has 2 rings (SSSR count). The summed E-state index contributed by atoms with van der Waals surface area (Å²) in [6.45, 7) is 10.8. The van der Waals surface area contributed by atoms with Gasteiger partial charge in [-0.05, 0) is 43.2 Å². The van der Waals surface area contributed by atoms with Crippen LogP contribution in [-0.2, 0) is 46.4 Å². The molecule has 0 aliphatic heterocycles. The van der Waals surface area contributed by atoms with E-state index in [4.69, 9.17) is 0 Å². The van der Waals surface area contributed by atoms with Crippen molar-refractivity contribution in [2.75, 3.05) is 0 Å². The van der Waals surface area contributed by atoms with Gasteiger partial charge in [-0.1, -0.05) is 88.4 Å². The maximum absolute atomic E-state index is 13.9. The zero-order valence-electron chi connectivity index (χ0n) is 31.3. The number of benzene rings is 2. The van der Waals surface area contributed by atoms with Crippen LogP contribution in [0.4, 0.5) is 0 Å². The molecule has 0 saturated carbocycles. The Kier molecular flexibility index (Phi) is 17.6. The van der Waals surface area contributed by atoms with Crippen LogP contribution in [0.2, 0.25) is 0 Å². The summed E-state index contributed by atoms with van der Waals surface area (Å²) in [6, 6.07) is 10.4. The SMILES string of the molecule is CC(=O)N[C@@H](Cc1ccccc1)C(=O)N[C@H](CC(C)C)C(=O)N[C@@H](Cc1ccccc1)C(=O)N[C@@H](C(=O)N[C@H](C(=O)N[C@@H](C)C(=O)O)C(C)C)[C@@H](C)O. The average molecular weight is 739 g/mol. The number of carbonyl (C=O) groups excluding carboxylic acids is 6. The molecule has 0 saturated heterocycles. The summed E-state index contributed by atoms with van der Waals surface area (Å²) in [5.41, 5.74) is 1.45. The van der Waals surface area contributed by atoms with Gasteiger partial charge in [0, 0.05) is 19.8 Å². The monoisotopic (exact) mass is 738 g/mol. The number of carboxylic acids is 1. The summed E-state index contributed by atoms with van der Waals surface area (Å²) in [4.78, 5) is 90.9. The third-order valence-electron chi connectivity index (χ3n) is 8.27. The van der Waals surface area contributed by atoms with Crippen molar-refractivity contribution in [3.63, 3.8) is 0 Å². The third kappa shape index (κ3) is 15.1. The van der Waals surface area contributed by atoms with E-state index in [0.717, 1.165) is 5.56 Å². The molecule has 15 nitrogen and oxygen atoms in total. The number of hydrogen-bond donors (Lipinski definition) is 8. The highest BCUT2D eigenvalue weighted by molar-refractivity contribution is 5.97. The molecule has 6 amide bonds. The molecule has 2 aromatic rings. The lowest BCUT2D eigenvalue weighted by Gasteiger charge is -2.29. The smallest absolute Gasteiger partial charge is 0.325 e. The minimum Gasteiger partial charge on any atom is -0.480 e. The summed E-state index contributed by atoms with van der Waals surface area (Å²) >= 11 is 0. The van der Waals surface area contributed by atoms with E-state index in [9.17, 15) is 43.8 Å². The predicted octanol–water partition coefficient (Wildman–Crippen LogP) is 0.588. The van der Waals surface area contributed by atoms with Crippen molar-refractivity contribution in [3.05, 3.63) is 71.8 Å². The second kappa shape index (κ2) is 21.3. The van der Waals surface area contributed by atoms with Gasteiger partial charge in [0.15, 0.2) is 0 Å². The Morgan fingerprint density at radius 1 is 0.547 bits per heavy atom. The lowest BCUT2D eigenvalue weighted by atomic mass is 9.99. The maximum Gasteiger partial charge on any atom is 0.325 e. The van der Waals surface area contributed by atoms with Gasteiger partial charge in [-0.25, -0.2) is 0 Å². The van der Waals surface area contributed by atoms with E-state index < -0.39 is 89.7 Å². The fourth-order valence-corrected chi connectivity index (χ4v) is 5.41. The van der Waals surface area contributed by atoms with E-state index in [2.05, 4.69) is 31.9 Å². The standard InChI is InChI=1S/C38H54N6O9/c1-21(2)18-28(41-34(48)29(40-25(7)46)19-26-14-10-8-11-15-26)33(47)42-30(20-27-16-12-9-13-17-27)35(49)44-32(24(6)45)37(51)43-31(22(3)4)36(50)39-23(5)38(52)53/h8-17,21-24,28-32,45H,18-20H2,1-7H3,(H,39,50)(H,40,46)(H,41,48)(H,42,47)(H,43,51)(H,44,49)(H,52,53)/t23-,24+,28+,29-,30-,31-,32+/m0/s1. The van der Waals surface area contributed by atoms with Crippen molar-refractivity contribution >= 4 is 41.4 Å². The molecular formula is C38H54N6O9. The van der Waals surface area contributed by atoms with Crippen molar-refractivity contribution in [1.29, 1.82) is 0 Å². The van der Waals surface area contributed by atoms with E-state index in [0.29, 0.717) is 5.56 Å². The van der Waals surface area contributed by atoms with Gasteiger partial charge >= 0.3 is 5.97 Å². The van der Waals surface area contributed by atoms with Crippen molar-refractivity contribution in [2.24, 2.45) is 11.8 Å². The number of aliphatic hydroxyl groups excluding tert-OH is 1. The second-order valence-electron chi connectivity index (χ2n) is 13.9. The van der Waals surface area contributed by atoms with Gasteiger partial charge in [-0.2, -0.15) is 0 Å². The number of carboxylic acid groups (broad SMARTS) is 1. The topological polar surface area (TPSA) is 232 Å². The van der Waals surface area contributed by atoms with Gasteiger partial charge < -0.3 is 42.1 Å². The van der Waals surface area contributed by atoms with Crippen LogP contribution in [0.5, 0.6) is 0 Å². The molecule has 8 N–H and O–H groups in total. The molecule has 2 aromatic carbocycles. The first kappa shape index (κ1) is 43.9.